The molecule has 1 atom stereocenters. The molecule has 1 saturated carbocycles. The molecule has 0 heterocycles. The van der Waals surface area contributed by atoms with Gasteiger partial charge in [-0.15, -0.1) is 0 Å². The van der Waals surface area contributed by atoms with E-state index in [1.54, 1.807) is 13.2 Å². The fourth-order valence-electron chi connectivity index (χ4n) is 4.38. The molecule has 7 heteroatoms. The molecule has 2 aromatic rings. The number of nitrogens with one attached hydrogen (secondary N) is 3. The van der Waals surface area contributed by atoms with Gasteiger partial charge in [-0.05, 0) is 54.8 Å². The molecule has 7 nitrogen and oxygen atoms in total. The summed E-state index contributed by atoms with van der Waals surface area (Å²) in [7, 11) is 5.52. The highest BCUT2D eigenvalue weighted by atomic mass is 16.5. The van der Waals surface area contributed by atoms with E-state index in [1.165, 1.54) is 19.3 Å². The molecule has 0 aromatic heterocycles. The SMILES string of the molecule is COc1ccc(NCCNC(=O)[C@H](CC2CCCCC2)NC(=O)c2cccc(N(C)C)c2)cc1. The molecule has 184 valence electrons. The lowest BCUT2D eigenvalue weighted by atomic mass is 9.84. The minimum Gasteiger partial charge on any atom is -0.497 e. The molecule has 2 amide bonds. The van der Waals surface area contributed by atoms with Crippen molar-refractivity contribution in [2.75, 3.05) is 44.5 Å². The highest BCUT2D eigenvalue weighted by Gasteiger charge is 2.26. The smallest absolute Gasteiger partial charge is 0.252 e. The lowest BCUT2D eigenvalue weighted by Crippen LogP contribution is -2.48. The molecule has 1 aliphatic rings. The van der Waals surface area contributed by atoms with Gasteiger partial charge in [-0.1, -0.05) is 38.2 Å². The van der Waals surface area contributed by atoms with Crippen molar-refractivity contribution in [2.24, 2.45) is 5.92 Å². The number of amides is 2. The number of carbonyl (C=O) groups excluding carboxylic acids is 2. The quantitative estimate of drug-likeness (QED) is 0.435. The number of hydrogen-bond donors (Lipinski definition) is 3. The van der Waals surface area contributed by atoms with Crippen LogP contribution < -0.4 is 25.6 Å². The Morgan fingerprint density at radius 2 is 1.76 bits per heavy atom. The number of rotatable bonds is 11. The lowest BCUT2D eigenvalue weighted by molar-refractivity contribution is -0.123. The maximum Gasteiger partial charge on any atom is 0.252 e. The van der Waals surface area contributed by atoms with Crippen molar-refractivity contribution in [1.82, 2.24) is 10.6 Å². The van der Waals surface area contributed by atoms with Crippen LogP contribution in [0.5, 0.6) is 5.75 Å². The van der Waals surface area contributed by atoms with Gasteiger partial charge < -0.3 is 25.6 Å². The Kier molecular flexibility index (Phi) is 9.62. The largest absolute Gasteiger partial charge is 0.497 e. The van der Waals surface area contributed by atoms with E-state index in [4.69, 9.17) is 4.74 Å². The van der Waals surface area contributed by atoms with Gasteiger partial charge in [0, 0.05) is 44.1 Å². The van der Waals surface area contributed by atoms with Crippen LogP contribution in [-0.2, 0) is 4.79 Å². The summed E-state index contributed by atoms with van der Waals surface area (Å²) in [6, 6.07) is 14.6. The highest BCUT2D eigenvalue weighted by Crippen LogP contribution is 2.27. The molecular formula is C27H38N4O3. The molecule has 0 bridgehead atoms. The van der Waals surface area contributed by atoms with E-state index in [9.17, 15) is 9.59 Å². The number of methoxy groups -OCH3 is 1. The standard InChI is InChI=1S/C27H38N4O3/c1-31(2)23-11-7-10-21(19-23)26(32)30-25(18-20-8-5-4-6-9-20)27(33)29-17-16-28-22-12-14-24(34-3)15-13-22/h7,10-15,19-20,25,28H,4-6,8-9,16-18H2,1-3H3,(H,29,33)(H,30,32)/t25-/m0/s1. The predicted octanol–water partition coefficient (Wildman–Crippen LogP) is 4.06. The Bertz CT molecular complexity index is 924. The zero-order valence-corrected chi connectivity index (χ0v) is 20.6. The third kappa shape index (κ3) is 7.68. The highest BCUT2D eigenvalue weighted by molar-refractivity contribution is 5.98. The number of nitrogens with zero attached hydrogens (tertiary/aromatic N) is 1. The fourth-order valence-corrected chi connectivity index (χ4v) is 4.38. The van der Waals surface area contributed by atoms with Crippen molar-refractivity contribution in [3.8, 4) is 5.75 Å². The van der Waals surface area contributed by atoms with Crippen LogP contribution in [0.1, 0.15) is 48.9 Å². The van der Waals surface area contributed by atoms with Crippen LogP contribution in [0.4, 0.5) is 11.4 Å². The van der Waals surface area contributed by atoms with E-state index in [-0.39, 0.29) is 11.8 Å². The minimum atomic E-state index is -0.542. The summed E-state index contributed by atoms with van der Waals surface area (Å²) in [5.41, 5.74) is 2.47. The van der Waals surface area contributed by atoms with Crippen molar-refractivity contribution in [1.29, 1.82) is 0 Å². The van der Waals surface area contributed by atoms with Crippen molar-refractivity contribution in [2.45, 2.75) is 44.6 Å². The molecule has 34 heavy (non-hydrogen) atoms. The molecule has 0 unspecified atom stereocenters. The second-order valence-corrected chi connectivity index (χ2v) is 9.16. The second kappa shape index (κ2) is 12.9. The molecule has 3 N–H and O–H groups in total. The van der Waals surface area contributed by atoms with Gasteiger partial charge in [0.15, 0.2) is 0 Å². The first-order valence-electron chi connectivity index (χ1n) is 12.2. The minimum absolute atomic E-state index is 0.126. The maximum absolute atomic E-state index is 13.1. The van der Waals surface area contributed by atoms with Crippen LogP contribution in [0.3, 0.4) is 0 Å². The monoisotopic (exact) mass is 466 g/mol. The van der Waals surface area contributed by atoms with Gasteiger partial charge >= 0.3 is 0 Å². The van der Waals surface area contributed by atoms with Crippen molar-refractivity contribution in [3.63, 3.8) is 0 Å². The Hall–Kier alpha value is -3.22. The normalized spacial score (nSPS) is 14.7. The second-order valence-electron chi connectivity index (χ2n) is 9.16. The first kappa shape index (κ1) is 25.4. The van der Waals surface area contributed by atoms with Gasteiger partial charge in [-0.3, -0.25) is 9.59 Å². The summed E-state index contributed by atoms with van der Waals surface area (Å²) in [4.78, 5) is 28.0. The van der Waals surface area contributed by atoms with Crippen molar-refractivity contribution < 1.29 is 14.3 Å². The average molecular weight is 467 g/mol. The van der Waals surface area contributed by atoms with Crippen LogP contribution >= 0.6 is 0 Å². The molecule has 0 saturated heterocycles. The van der Waals surface area contributed by atoms with Gasteiger partial charge in [0.1, 0.15) is 11.8 Å². The number of benzene rings is 2. The maximum atomic E-state index is 13.1. The lowest BCUT2D eigenvalue weighted by Gasteiger charge is -2.27. The van der Waals surface area contributed by atoms with E-state index in [0.717, 1.165) is 30.0 Å². The van der Waals surface area contributed by atoms with Crippen LogP contribution in [-0.4, -0.2) is 52.2 Å². The third-order valence-electron chi connectivity index (χ3n) is 6.38. The summed E-state index contributed by atoms with van der Waals surface area (Å²) < 4.78 is 5.17. The molecule has 1 aliphatic carbocycles. The Labute approximate surface area is 203 Å². The Morgan fingerprint density at radius 1 is 1.03 bits per heavy atom. The number of hydrogen-bond acceptors (Lipinski definition) is 5. The van der Waals surface area contributed by atoms with Crippen LogP contribution in [0.15, 0.2) is 48.5 Å². The summed E-state index contributed by atoms with van der Waals surface area (Å²) in [6.45, 7) is 1.06. The van der Waals surface area contributed by atoms with Gasteiger partial charge in [-0.2, -0.15) is 0 Å². The third-order valence-corrected chi connectivity index (χ3v) is 6.38. The number of ether oxygens (including phenoxy) is 1. The first-order chi connectivity index (χ1) is 16.5. The van der Waals surface area contributed by atoms with Crippen LogP contribution in [0, 0.1) is 5.92 Å². The molecule has 3 rings (SSSR count). The van der Waals surface area contributed by atoms with Crippen LogP contribution in [0.25, 0.3) is 0 Å². The topological polar surface area (TPSA) is 82.7 Å². The van der Waals surface area contributed by atoms with E-state index >= 15 is 0 Å². The van der Waals surface area contributed by atoms with Gasteiger partial charge in [-0.25, -0.2) is 0 Å². The average Bonchev–Trinajstić information content (AvgIpc) is 2.87. The zero-order chi connectivity index (χ0) is 24.3. The summed E-state index contributed by atoms with van der Waals surface area (Å²) in [5.74, 6) is 0.932. The fraction of sp³-hybridized carbons (Fsp3) is 0.481. The van der Waals surface area contributed by atoms with E-state index < -0.39 is 6.04 Å². The van der Waals surface area contributed by atoms with Gasteiger partial charge in [0.05, 0.1) is 7.11 Å². The molecule has 0 spiro atoms. The first-order valence-corrected chi connectivity index (χ1v) is 12.2. The number of carbonyl (C=O) groups is 2. The van der Waals surface area contributed by atoms with Crippen molar-refractivity contribution >= 4 is 23.2 Å². The van der Waals surface area contributed by atoms with Crippen molar-refractivity contribution in [3.05, 3.63) is 54.1 Å². The molecule has 1 fully saturated rings. The summed E-state index contributed by atoms with van der Waals surface area (Å²) >= 11 is 0. The Morgan fingerprint density at radius 3 is 2.44 bits per heavy atom. The van der Waals surface area contributed by atoms with Crippen LogP contribution in [0.2, 0.25) is 0 Å². The zero-order valence-electron chi connectivity index (χ0n) is 20.6. The molecular weight excluding hydrogens is 428 g/mol. The van der Waals surface area contributed by atoms with Gasteiger partial charge in [0.2, 0.25) is 5.91 Å². The summed E-state index contributed by atoms with van der Waals surface area (Å²) in [6.07, 6.45) is 6.57. The molecule has 2 aromatic carbocycles. The van der Waals surface area contributed by atoms with Gasteiger partial charge in [0.25, 0.3) is 5.91 Å². The molecule has 0 radical (unpaired) electrons. The number of anilines is 2. The molecule has 0 aliphatic heterocycles. The van der Waals surface area contributed by atoms with E-state index in [1.807, 2.05) is 61.5 Å². The van der Waals surface area contributed by atoms with E-state index in [0.29, 0.717) is 31.0 Å². The summed E-state index contributed by atoms with van der Waals surface area (Å²) in [5, 5.41) is 9.31. The predicted molar refractivity (Wildman–Crippen MR) is 138 cm³/mol. The Balaban J connectivity index is 1.57. The van der Waals surface area contributed by atoms with E-state index in [2.05, 4.69) is 16.0 Å².